The van der Waals surface area contributed by atoms with Gasteiger partial charge in [-0.1, -0.05) is 6.92 Å². The summed E-state index contributed by atoms with van der Waals surface area (Å²) in [7, 11) is 0. The average Bonchev–Trinajstić information content (AvgIpc) is 2.85. The van der Waals surface area contributed by atoms with Crippen molar-refractivity contribution < 1.29 is 0 Å². The molecule has 18 heavy (non-hydrogen) atoms. The lowest BCUT2D eigenvalue weighted by molar-refractivity contribution is 0.197. The smallest absolute Gasteiger partial charge is 0.0951 e. The molecule has 1 aliphatic rings. The van der Waals surface area contributed by atoms with E-state index in [-0.39, 0.29) is 0 Å². The number of aromatic nitrogens is 2. The minimum Gasteiger partial charge on any atom is -0.331 e. The highest BCUT2D eigenvalue weighted by atomic mass is 15.2. The highest BCUT2D eigenvalue weighted by molar-refractivity contribution is 5.00. The Kier molecular flexibility index (Phi) is 4.78. The van der Waals surface area contributed by atoms with Crippen LogP contribution in [0.15, 0.2) is 12.5 Å². The van der Waals surface area contributed by atoms with E-state index in [0.29, 0.717) is 12.1 Å². The van der Waals surface area contributed by atoms with Crippen LogP contribution in [0.25, 0.3) is 0 Å². The van der Waals surface area contributed by atoms with Crippen molar-refractivity contribution in [1.29, 1.82) is 0 Å². The first-order valence-corrected chi connectivity index (χ1v) is 7.17. The number of hydrogen-bond donors (Lipinski definition) is 1. The topological polar surface area (TPSA) is 33.1 Å². The number of nitrogens with zero attached hydrogens (tertiary/aromatic N) is 3. The number of piperidine rings is 1. The van der Waals surface area contributed by atoms with Crippen LogP contribution >= 0.6 is 0 Å². The van der Waals surface area contributed by atoms with Crippen molar-refractivity contribution in [2.24, 2.45) is 0 Å². The second-order valence-electron chi connectivity index (χ2n) is 5.50. The molecule has 4 nitrogen and oxygen atoms in total. The van der Waals surface area contributed by atoms with Crippen LogP contribution in [0.4, 0.5) is 0 Å². The summed E-state index contributed by atoms with van der Waals surface area (Å²) in [5.41, 5.74) is 1.29. The monoisotopic (exact) mass is 250 g/mol. The Bertz CT molecular complexity index is 358. The normalized spacial score (nSPS) is 21.7. The van der Waals surface area contributed by atoms with Gasteiger partial charge in [-0.15, -0.1) is 0 Å². The first kappa shape index (κ1) is 13.6. The second kappa shape index (κ2) is 6.34. The van der Waals surface area contributed by atoms with Crippen molar-refractivity contribution in [3.63, 3.8) is 0 Å². The van der Waals surface area contributed by atoms with Gasteiger partial charge < -0.3 is 14.8 Å². The lowest BCUT2D eigenvalue weighted by Gasteiger charge is -2.32. The molecule has 1 N–H and O–H groups in total. The first-order valence-electron chi connectivity index (χ1n) is 7.17. The number of likely N-dealkylation sites (N-methyl/N-ethyl adjacent to an activating group) is 1. The van der Waals surface area contributed by atoms with Gasteiger partial charge in [-0.2, -0.15) is 0 Å². The summed E-state index contributed by atoms with van der Waals surface area (Å²) in [4.78, 5) is 6.78. The summed E-state index contributed by atoms with van der Waals surface area (Å²) in [5, 5.41) is 3.68. The Balaban J connectivity index is 1.85. The highest BCUT2D eigenvalue weighted by Crippen LogP contribution is 2.12. The maximum absolute atomic E-state index is 4.25. The summed E-state index contributed by atoms with van der Waals surface area (Å²) in [5.74, 6) is 0. The molecule has 1 fully saturated rings. The molecule has 0 spiro atoms. The van der Waals surface area contributed by atoms with Gasteiger partial charge in [0.1, 0.15) is 0 Å². The molecule has 2 heterocycles. The standard InChI is InChI=1S/C14H26N4/c1-4-17-7-5-6-13(10-17)16-9-14-8-15-11-18(14)12(2)3/h8,11-13,16H,4-7,9-10H2,1-3H3. The minimum absolute atomic E-state index is 0.489. The van der Waals surface area contributed by atoms with Crippen molar-refractivity contribution in [2.75, 3.05) is 19.6 Å². The van der Waals surface area contributed by atoms with Crippen LogP contribution in [0.1, 0.15) is 45.3 Å². The van der Waals surface area contributed by atoms with Crippen molar-refractivity contribution in [2.45, 2.75) is 52.2 Å². The van der Waals surface area contributed by atoms with Crippen LogP contribution in [-0.4, -0.2) is 40.1 Å². The van der Waals surface area contributed by atoms with E-state index in [9.17, 15) is 0 Å². The number of imidazole rings is 1. The van der Waals surface area contributed by atoms with Gasteiger partial charge in [0.05, 0.1) is 12.0 Å². The number of nitrogens with one attached hydrogen (secondary N) is 1. The Hall–Kier alpha value is -0.870. The van der Waals surface area contributed by atoms with Gasteiger partial charge in [0.25, 0.3) is 0 Å². The van der Waals surface area contributed by atoms with Crippen LogP contribution in [0.2, 0.25) is 0 Å². The quantitative estimate of drug-likeness (QED) is 0.868. The Morgan fingerprint density at radius 2 is 2.33 bits per heavy atom. The molecular formula is C14H26N4. The molecule has 0 aromatic carbocycles. The molecule has 0 saturated carbocycles. The fraction of sp³-hybridized carbons (Fsp3) is 0.786. The van der Waals surface area contributed by atoms with E-state index in [1.54, 1.807) is 0 Å². The van der Waals surface area contributed by atoms with Gasteiger partial charge >= 0.3 is 0 Å². The Morgan fingerprint density at radius 1 is 1.50 bits per heavy atom. The molecule has 1 aromatic rings. The lowest BCUT2D eigenvalue weighted by atomic mass is 10.1. The highest BCUT2D eigenvalue weighted by Gasteiger charge is 2.18. The van der Waals surface area contributed by atoms with Gasteiger partial charge in [0.15, 0.2) is 0 Å². The number of hydrogen-bond acceptors (Lipinski definition) is 3. The predicted molar refractivity (Wildman–Crippen MR) is 74.6 cm³/mol. The third-order valence-electron chi connectivity index (χ3n) is 3.83. The summed E-state index contributed by atoms with van der Waals surface area (Å²) in [6.45, 7) is 11.2. The number of rotatable bonds is 5. The summed E-state index contributed by atoms with van der Waals surface area (Å²) >= 11 is 0. The zero-order chi connectivity index (χ0) is 13.0. The molecule has 102 valence electrons. The summed E-state index contributed by atoms with van der Waals surface area (Å²) in [6.07, 6.45) is 6.52. The van der Waals surface area contributed by atoms with Crippen LogP contribution in [0, 0.1) is 0 Å². The molecule has 1 saturated heterocycles. The maximum atomic E-state index is 4.25. The van der Waals surface area contributed by atoms with Crippen LogP contribution in [0.3, 0.4) is 0 Å². The van der Waals surface area contributed by atoms with Crippen LogP contribution in [0.5, 0.6) is 0 Å². The molecule has 1 atom stereocenters. The SMILES string of the molecule is CCN1CCCC(NCc2cncn2C(C)C)C1. The van der Waals surface area contributed by atoms with E-state index in [1.165, 1.54) is 38.2 Å². The van der Waals surface area contributed by atoms with E-state index < -0.39 is 0 Å². The minimum atomic E-state index is 0.489. The fourth-order valence-corrected chi connectivity index (χ4v) is 2.69. The van der Waals surface area contributed by atoms with Gasteiger partial charge in [0.2, 0.25) is 0 Å². The molecule has 1 aromatic heterocycles. The van der Waals surface area contributed by atoms with Crippen molar-refractivity contribution in [1.82, 2.24) is 19.8 Å². The van der Waals surface area contributed by atoms with Crippen LogP contribution in [-0.2, 0) is 6.54 Å². The van der Waals surface area contributed by atoms with Crippen molar-refractivity contribution in [3.8, 4) is 0 Å². The second-order valence-corrected chi connectivity index (χ2v) is 5.50. The Morgan fingerprint density at radius 3 is 3.06 bits per heavy atom. The van der Waals surface area contributed by atoms with E-state index in [2.05, 4.69) is 40.5 Å². The van der Waals surface area contributed by atoms with Crippen molar-refractivity contribution in [3.05, 3.63) is 18.2 Å². The fourth-order valence-electron chi connectivity index (χ4n) is 2.69. The zero-order valence-electron chi connectivity index (χ0n) is 11.9. The largest absolute Gasteiger partial charge is 0.331 e. The molecule has 1 unspecified atom stereocenters. The third-order valence-corrected chi connectivity index (χ3v) is 3.83. The first-order chi connectivity index (χ1) is 8.70. The van der Waals surface area contributed by atoms with Crippen molar-refractivity contribution >= 4 is 0 Å². The maximum Gasteiger partial charge on any atom is 0.0951 e. The van der Waals surface area contributed by atoms with Gasteiger partial charge in [-0.3, -0.25) is 0 Å². The number of likely N-dealkylation sites (tertiary alicyclic amines) is 1. The summed E-state index contributed by atoms with van der Waals surface area (Å²) < 4.78 is 2.24. The van der Waals surface area contributed by atoms with E-state index >= 15 is 0 Å². The molecule has 0 radical (unpaired) electrons. The van der Waals surface area contributed by atoms with Crippen LogP contribution < -0.4 is 5.32 Å². The summed E-state index contributed by atoms with van der Waals surface area (Å²) in [6, 6.07) is 1.12. The van der Waals surface area contributed by atoms with Gasteiger partial charge in [-0.05, 0) is 39.8 Å². The third kappa shape index (κ3) is 3.33. The molecule has 0 aliphatic carbocycles. The van der Waals surface area contributed by atoms with Gasteiger partial charge in [0, 0.05) is 31.4 Å². The molecule has 4 heteroatoms. The lowest BCUT2D eigenvalue weighted by Crippen LogP contribution is -2.45. The molecule has 1 aliphatic heterocycles. The zero-order valence-corrected chi connectivity index (χ0v) is 11.9. The Labute approximate surface area is 110 Å². The van der Waals surface area contributed by atoms with E-state index in [4.69, 9.17) is 0 Å². The predicted octanol–water partition coefficient (Wildman–Crippen LogP) is 2.04. The van der Waals surface area contributed by atoms with E-state index in [0.717, 1.165) is 6.54 Å². The molecule has 0 amide bonds. The van der Waals surface area contributed by atoms with Gasteiger partial charge in [-0.25, -0.2) is 4.98 Å². The van der Waals surface area contributed by atoms with E-state index in [1.807, 2.05) is 12.5 Å². The molecular weight excluding hydrogens is 224 g/mol. The molecule has 0 bridgehead atoms. The molecule has 2 rings (SSSR count). The average molecular weight is 250 g/mol.